The number of rotatable bonds is 4. The van der Waals surface area contributed by atoms with Crippen molar-refractivity contribution < 1.29 is 13.2 Å². The van der Waals surface area contributed by atoms with Gasteiger partial charge in [0.1, 0.15) is 5.75 Å². The Morgan fingerprint density at radius 3 is 2.29 bits per heavy atom. The number of aryl methyl sites for hydroxylation is 3. The largest absolute Gasteiger partial charge is 0.293 e. The van der Waals surface area contributed by atoms with E-state index in [-0.39, 0.29) is 10.7 Å². The summed E-state index contributed by atoms with van der Waals surface area (Å²) in [5.74, 6) is -0.876. The Balaban J connectivity index is 2.28. The lowest BCUT2D eigenvalue weighted by Gasteiger charge is -2.07. The lowest BCUT2D eigenvalue weighted by Crippen LogP contribution is -2.16. The Morgan fingerprint density at radius 1 is 0.952 bits per heavy atom. The van der Waals surface area contributed by atoms with Gasteiger partial charge in [-0.15, -0.1) is 0 Å². The number of hydrogen-bond donors (Lipinski definition) is 0. The van der Waals surface area contributed by atoms with Gasteiger partial charge in [-0.25, -0.2) is 8.42 Å². The van der Waals surface area contributed by atoms with E-state index in [0.717, 1.165) is 16.7 Å². The van der Waals surface area contributed by atoms with Crippen LogP contribution in [0.2, 0.25) is 0 Å². The number of sulfone groups is 1. The number of carbonyl (C=O) groups is 1. The Morgan fingerprint density at radius 2 is 1.67 bits per heavy atom. The van der Waals surface area contributed by atoms with Crippen LogP contribution >= 0.6 is 0 Å². The van der Waals surface area contributed by atoms with Crippen LogP contribution in [0.1, 0.15) is 27.0 Å². The normalized spacial score (nSPS) is 11.4. The van der Waals surface area contributed by atoms with Gasteiger partial charge in [-0.1, -0.05) is 24.3 Å². The van der Waals surface area contributed by atoms with Gasteiger partial charge in [0.05, 0.1) is 4.90 Å². The molecule has 110 valence electrons. The molecule has 0 aliphatic rings. The van der Waals surface area contributed by atoms with E-state index < -0.39 is 15.6 Å². The maximum Gasteiger partial charge on any atom is 0.185 e. The second kappa shape index (κ2) is 5.82. The van der Waals surface area contributed by atoms with Gasteiger partial charge in [-0.3, -0.25) is 4.79 Å². The Labute approximate surface area is 125 Å². The van der Waals surface area contributed by atoms with E-state index in [1.54, 1.807) is 24.3 Å². The highest BCUT2D eigenvalue weighted by Crippen LogP contribution is 2.16. The molecule has 0 N–H and O–H groups in total. The molecule has 2 aromatic carbocycles. The fourth-order valence-corrected chi connectivity index (χ4v) is 3.39. The van der Waals surface area contributed by atoms with E-state index in [0.29, 0.717) is 5.56 Å². The van der Waals surface area contributed by atoms with Gasteiger partial charge >= 0.3 is 0 Å². The molecule has 0 saturated heterocycles. The first-order valence-electron chi connectivity index (χ1n) is 6.69. The van der Waals surface area contributed by atoms with Crippen LogP contribution < -0.4 is 0 Å². The van der Waals surface area contributed by atoms with Crippen molar-refractivity contribution >= 4 is 15.6 Å². The Hall–Kier alpha value is -1.94. The van der Waals surface area contributed by atoms with Gasteiger partial charge in [0, 0.05) is 5.56 Å². The third-order valence-corrected chi connectivity index (χ3v) is 5.11. The second-order valence-electron chi connectivity index (χ2n) is 5.30. The summed E-state index contributed by atoms with van der Waals surface area (Å²) in [4.78, 5) is 12.4. The minimum absolute atomic E-state index is 0.194. The third kappa shape index (κ3) is 3.58. The van der Waals surface area contributed by atoms with Gasteiger partial charge in [-0.2, -0.15) is 0 Å². The molecular formula is C17H18O3S. The Bertz CT molecular complexity index is 789. The molecule has 0 saturated carbocycles. The van der Waals surface area contributed by atoms with Crippen LogP contribution in [0.5, 0.6) is 0 Å². The van der Waals surface area contributed by atoms with Crippen LogP contribution in [0.4, 0.5) is 0 Å². The molecule has 0 bridgehead atoms. The fraction of sp³-hybridized carbons (Fsp3) is 0.235. The fourth-order valence-electron chi connectivity index (χ4n) is 2.06. The molecule has 0 amide bonds. The molecular weight excluding hydrogens is 284 g/mol. The topological polar surface area (TPSA) is 51.2 Å². The molecule has 0 spiro atoms. The maximum absolute atomic E-state index is 12.3. The molecule has 2 aromatic rings. The summed E-state index contributed by atoms with van der Waals surface area (Å²) < 4.78 is 24.6. The van der Waals surface area contributed by atoms with E-state index in [4.69, 9.17) is 0 Å². The molecule has 0 radical (unpaired) electrons. The average molecular weight is 302 g/mol. The zero-order valence-corrected chi connectivity index (χ0v) is 13.2. The molecule has 21 heavy (non-hydrogen) atoms. The molecule has 0 aromatic heterocycles. The highest BCUT2D eigenvalue weighted by Gasteiger charge is 2.20. The van der Waals surface area contributed by atoms with Gasteiger partial charge in [0.15, 0.2) is 15.6 Å². The van der Waals surface area contributed by atoms with Crippen molar-refractivity contribution in [3.63, 3.8) is 0 Å². The first-order chi connectivity index (χ1) is 9.79. The van der Waals surface area contributed by atoms with Crippen molar-refractivity contribution in [2.24, 2.45) is 0 Å². The summed E-state index contributed by atoms with van der Waals surface area (Å²) in [6.07, 6.45) is 0. The third-order valence-electron chi connectivity index (χ3n) is 3.50. The van der Waals surface area contributed by atoms with Crippen LogP contribution in [-0.2, 0) is 9.84 Å². The minimum atomic E-state index is -3.60. The quantitative estimate of drug-likeness (QED) is 0.815. The van der Waals surface area contributed by atoms with Crippen molar-refractivity contribution in [3.05, 3.63) is 64.7 Å². The molecule has 0 heterocycles. The summed E-state index contributed by atoms with van der Waals surface area (Å²) >= 11 is 0. The van der Waals surface area contributed by atoms with E-state index in [2.05, 4.69) is 0 Å². The molecule has 4 heteroatoms. The van der Waals surface area contributed by atoms with Gasteiger partial charge < -0.3 is 0 Å². The number of benzene rings is 2. The molecule has 0 aliphatic carbocycles. The monoisotopic (exact) mass is 302 g/mol. The summed E-state index contributed by atoms with van der Waals surface area (Å²) in [6.45, 7) is 5.68. The SMILES string of the molecule is Cc1cccc(S(=O)(=O)CC(=O)c2ccc(C)c(C)c2)c1. The zero-order valence-electron chi connectivity index (χ0n) is 12.4. The van der Waals surface area contributed by atoms with Crippen molar-refractivity contribution in [1.29, 1.82) is 0 Å². The summed E-state index contributed by atoms with van der Waals surface area (Å²) in [6, 6.07) is 11.9. The molecule has 0 unspecified atom stereocenters. The number of hydrogen-bond acceptors (Lipinski definition) is 3. The highest BCUT2D eigenvalue weighted by atomic mass is 32.2. The van der Waals surface area contributed by atoms with Crippen LogP contribution in [-0.4, -0.2) is 20.0 Å². The first kappa shape index (κ1) is 15.4. The van der Waals surface area contributed by atoms with Gasteiger partial charge in [0.2, 0.25) is 0 Å². The van der Waals surface area contributed by atoms with Crippen molar-refractivity contribution in [1.82, 2.24) is 0 Å². The highest BCUT2D eigenvalue weighted by molar-refractivity contribution is 7.92. The lowest BCUT2D eigenvalue weighted by molar-refractivity contribution is 0.102. The number of ketones is 1. The van der Waals surface area contributed by atoms with E-state index in [9.17, 15) is 13.2 Å². The van der Waals surface area contributed by atoms with Crippen LogP contribution in [0.25, 0.3) is 0 Å². The molecule has 0 aliphatic heterocycles. The minimum Gasteiger partial charge on any atom is -0.293 e. The van der Waals surface area contributed by atoms with Crippen LogP contribution in [0, 0.1) is 20.8 Å². The maximum atomic E-state index is 12.3. The number of Topliss-reactive ketones (excluding diaryl/α,β-unsaturated/α-hetero) is 1. The number of carbonyl (C=O) groups excluding carboxylic acids is 1. The van der Waals surface area contributed by atoms with Crippen LogP contribution in [0.15, 0.2) is 47.4 Å². The summed E-state index contributed by atoms with van der Waals surface area (Å²) in [5.41, 5.74) is 3.35. The average Bonchev–Trinajstić information content (AvgIpc) is 2.41. The van der Waals surface area contributed by atoms with Gasteiger partial charge in [-0.05, 0) is 55.7 Å². The summed E-state index contributed by atoms with van der Waals surface area (Å²) in [5, 5.41) is 0. The second-order valence-corrected chi connectivity index (χ2v) is 7.29. The molecule has 2 rings (SSSR count). The predicted octanol–water partition coefficient (Wildman–Crippen LogP) is 3.27. The molecule has 0 atom stereocenters. The van der Waals surface area contributed by atoms with E-state index >= 15 is 0 Å². The van der Waals surface area contributed by atoms with Gasteiger partial charge in [0.25, 0.3) is 0 Å². The standard InChI is InChI=1S/C17H18O3S/c1-12-5-4-6-16(9-12)21(19,20)11-17(18)15-8-7-13(2)14(3)10-15/h4-10H,11H2,1-3H3. The van der Waals surface area contributed by atoms with Crippen molar-refractivity contribution in [2.45, 2.75) is 25.7 Å². The smallest absolute Gasteiger partial charge is 0.185 e. The molecule has 3 nitrogen and oxygen atoms in total. The Kier molecular flexibility index (Phi) is 4.28. The predicted molar refractivity (Wildman–Crippen MR) is 83.5 cm³/mol. The lowest BCUT2D eigenvalue weighted by atomic mass is 10.0. The zero-order chi connectivity index (χ0) is 15.6. The summed E-state index contributed by atoms with van der Waals surface area (Å²) in [7, 11) is -3.60. The van der Waals surface area contributed by atoms with E-state index in [1.165, 1.54) is 6.07 Å². The van der Waals surface area contributed by atoms with E-state index in [1.807, 2.05) is 32.9 Å². The van der Waals surface area contributed by atoms with Crippen molar-refractivity contribution in [2.75, 3.05) is 5.75 Å². The first-order valence-corrected chi connectivity index (χ1v) is 8.35. The van der Waals surface area contributed by atoms with Crippen LogP contribution in [0.3, 0.4) is 0 Å². The molecule has 0 fully saturated rings. The van der Waals surface area contributed by atoms with Crippen molar-refractivity contribution in [3.8, 4) is 0 Å².